The Labute approximate surface area is 160 Å². The van der Waals surface area contributed by atoms with Gasteiger partial charge in [-0.3, -0.25) is 9.56 Å². The van der Waals surface area contributed by atoms with Crippen LogP contribution in [0, 0.1) is 6.92 Å². The molecule has 0 unspecified atom stereocenters. The number of aryl methyl sites for hydroxylation is 1. The molecule has 0 atom stereocenters. The molecule has 7 heteroatoms. The Morgan fingerprint density at radius 3 is 2.70 bits per heavy atom. The first kappa shape index (κ1) is 16.0. The van der Waals surface area contributed by atoms with Gasteiger partial charge in [-0.05, 0) is 25.1 Å². The monoisotopic (exact) mass is 374 g/mol. The molecular formula is C20H15ClN6. The number of rotatable bonds is 2. The molecule has 0 saturated carbocycles. The van der Waals surface area contributed by atoms with Crippen LogP contribution in [0.4, 0.5) is 0 Å². The van der Waals surface area contributed by atoms with E-state index >= 15 is 0 Å². The Bertz CT molecular complexity index is 1170. The highest BCUT2D eigenvalue weighted by molar-refractivity contribution is 6.31. The van der Waals surface area contributed by atoms with Crippen LogP contribution in [0.2, 0.25) is 5.02 Å². The molecule has 3 heterocycles. The third-order valence-corrected chi connectivity index (χ3v) is 4.89. The van der Waals surface area contributed by atoms with E-state index in [2.05, 4.69) is 32.3 Å². The van der Waals surface area contributed by atoms with E-state index in [0.29, 0.717) is 17.4 Å². The van der Waals surface area contributed by atoms with Crippen LogP contribution in [0.3, 0.4) is 0 Å². The van der Waals surface area contributed by atoms with Crippen molar-refractivity contribution in [2.45, 2.75) is 13.5 Å². The van der Waals surface area contributed by atoms with Gasteiger partial charge < -0.3 is 4.98 Å². The average molecular weight is 375 g/mol. The zero-order chi connectivity index (χ0) is 18.4. The van der Waals surface area contributed by atoms with Crippen molar-refractivity contribution >= 4 is 17.3 Å². The first-order chi connectivity index (χ1) is 13.2. The second-order valence-electron chi connectivity index (χ2n) is 6.34. The van der Waals surface area contributed by atoms with Crippen molar-refractivity contribution in [1.82, 2.24) is 24.7 Å². The Balaban J connectivity index is 1.78. The lowest BCUT2D eigenvalue weighted by atomic mass is 10.0. The number of H-pyrrole nitrogens is 1. The predicted octanol–water partition coefficient (Wildman–Crippen LogP) is 3.97. The van der Waals surface area contributed by atoms with Crippen LogP contribution in [0.5, 0.6) is 0 Å². The van der Waals surface area contributed by atoms with Crippen LogP contribution in [-0.4, -0.2) is 30.4 Å². The van der Waals surface area contributed by atoms with Gasteiger partial charge in [0.15, 0.2) is 11.6 Å². The van der Waals surface area contributed by atoms with Crippen molar-refractivity contribution in [1.29, 1.82) is 0 Å². The molecule has 0 fully saturated rings. The van der Waals surface area contributed by atoms with Gasteiger partial charge in [-0.1, -0.05) is 41.9 Å². The first-order valence-corrected chi connectivity index (χ1v) is 8.95. The van der Waals surface area contributed by atoms with Gasteiger partial charge in [-0.15, -0.1) is 10.2 Å². The molecule has 5 rings (SSSR count). The molecule has 1 aliphatic heterocycles. The SMILES string of the molecule is Cc1[nH]cnc1-c1nnc2n1-c1ccc(Cl)cc1C(c1ccccc1)=NC2. The van der Waals surface area contributed by atoms with Crippen LogP contribution in [-0.2, 0) is 6.54 Å². The van der Waals surface area contributed by atoms with Crippen molar-refractivity contribution in [3.05, 3.63) is 82.5 Å². The van der Waals surface area contributed by atoms with Crippen molar-refractivity contribution in [3.63, 3.8) is 0 Å². The van der Waals surface area contributed by atoms with E-state index in [1.54, 1.807) is 6.33 Å². The van der Waals surface area contributed by atoms with Crippen LogP contribution >= 0.6 is 11.6 Å². The predicted molar refractivity (Wildman–Crippen MR) is 104 cm³/mol. The Morgan fingerprint density at radius 1 is 1.07 bits per heavy atom. The van der Waals surface area contributed by atoms with E-state index in [9.17, 15) is 0 Å². The molecule has 0 spiro atoms. The number of aromatic nitrogens is 5. The summed E-state index contributed by atoms with van der Waals surface area (Å²) < 4.78 is 2.02. The summed E-state index contributed by atoms with van der Waals surface area (Å²) in [6.07, 6.45) is 1.66. The van der Waals surface area contributed by atoms with Gasteiger partial charge in [0.05, 0.1) is 17.7 Å². The van der Waals surface area contributed by atoms with E-state index < -0.39 is 0 Å². The Morgan fingerprint density at radius 2 is 1.93 bits per heavy atom. The minimum absolute atomic E-state index is 0.424. The molecule has 132 valence electrons. The molecule has 0 saturated heterocycles. The molecule has 2 aromatic carbocycles. The summed E-state index contributed by atoms with van der Waals surface area (Å²) in [4.78, 5) is 12.4. The topological polar surface area (TPSA) is 71.8 Å². The molecule has 0 aliphatic carbocycles. The standard InChI is InChI=1S/C20H15ClN6/c1-12-18(24-11-23-12)20-26-25-17-10-22-19(13-5-3-2-4-6-13)15-9-14(21)7-8-16(15)27(17)20/h2-9,11H,10H2,1H3,(H,23,24). The Hall–Kier alpha value is -3.25. The lowest BCUT2D eigenvalue weighted by molar-refractivity contribution is 0.871. The maximum Gasteiger partial charge on any atom is 0.189 e. The number of fused-ring (bicyclic) bond motifs is 3. The Kier molecular flexibility index (Phi) is 3.65. The highest BCUT2D eigenvalue weighted by atomic mass is 35.5. The van der Waals surface area contributed by atoms with Crippen molar-refractivity contribution in [2.24, 2.45) is 4.99 Å². The van der Waals surface area contributed by atoms with Gasteiger partial charge in [0.2, 0.25) is 0 Å². The fraction of sp³-hybridized carbons (Fsp3) is 0.100. The van der Waals surface area contributed by atoms with E-state index in [4.69, 9.17) is 16.6 Å². The number of hydrogen-bond donors (Lipinski definition) is 1. The molecule has 4 aromatic rings. The lowest BCUT2D eigenvalue weighted by Crippen LogP contribution is -2.08. The zero-order valence-corrected chi connectivity index (χ0v) is 15.3. The molecular weight excluding hydrogens is 360 g/mol. The van der Waals surface area contributed by atoms with Crippen LogP contribution in [0.15, 0.2) is 59.9 Å². The van der Waals surface area contributed by atoms with E-state index in [1.165, 1.54) is 0 Å². The quantitative estimate of drug-likeness (QED) is 0.577. The number of nitrogens with one attached hydrogen (secondary N) is 1. The summed E-state index contributed by atoms with van der Waals surface area (Å²) in [5.41, 5.74) is 5.53. The number of imidazole rings is 1. The van der Waals surface area contributed by atoms with Crippen LogP contribution < -0.4 is 0 Å². The molecule has 0 amide bonds. The minimum atomic E-state index is 0.424. The van der Waals surface area contributed by atoms with Crippen LogP contribution in [0.1, 0.15) is 22.6 Å². The lowest BCUT2D eigenvalue weighted by Gasteiger charge is -2.13. The van der Waals surface area contributed by atoms with Gasteiger partial charge >= 0.3 is 0 Å². The van der Waals surface area contributed by atoms with Gasteiger partial charge in [0, 0.05) is 21.8 Å². The second-order valence-corrected chi connectivity index (χ2v) is 6.78. The fourth-order valence-electron chi connectivity index (χ4n) is 3.38. The normalized spacial score (nSPS) is 12.9. The summed E-state index contributed by atoms with van der Waals surface area (Å²) in [6, 6.07) is 15.9. The first-order valence-electron chi connectivity index (χ1n) is 8.57. The van der Waals surface area contributed by atoms with Crippen molar-refractivity contribution < 1.29 is 0 Å². The molecule has 0 bridgehead atoms. The highest BCUT2D eigenvalue weighted by Gasteiger charge is 2.25. The molecule has 1 aliphatic rings. The second kappa shape index (κ2) is 6.17. The molecule has 0 radical (unpaired) electrons. The van der Waals surface area contributed by atoms with Crippen molar-refractivity contribution in [3.8, 4) is 17.2 Å². The molecule has 27 heavy (non-hydrogen) atoms. The smallest absolute Gasteiger partial charge is 0.189 e. The molecule has 1 N–H and O–H groups in total. The summed E-state index contributed by atoms with van der Waals surface area (Å²) in [6.45, 7) is 2.39. The van der Waals surface area contributed by atoms with Gasteiger partial charge in [-0.2, -0.15) is 0 Å². The van der Waals surface area contributed by atoms with Gasteiger partial charge in [0.25, 0.3) is 0 Å². The van der Waals surface area contributed by atoms with Gasteiger partial charge in [-0.25, -0.2) is 4.98 Å². The summed E-state index contributed by atoms with van der Waals surface area (Å²) in [5, 5.41) is 9.43. The van der Waals surface area contributed by atoms with E-state index in [1.807, 2.05) is 47.9 Å². The number of aromatic amines is 1. The maximum absolute atomic E-state index is 6.34. The van der Waals surface area contributed by atoms with Crippen molar-refractivity contribution in [2.75, 3.05) is 0 Å². The zero-order valence-electron chi connectivity index (χ0n) is 14.5. The summed E-state index contributed by atoms with van der Waals surface area (Å²) in [5.74, 6) is 1.46. The fourth-order valence-corrected chi connectivity index (χ4v) is 3.55. The third-order valence-electron chi connectivity index (χ3n) is 4.65. The number of benzene rings is 2. The molecule has 6 nitrogen and oxygen atoms in total. The maximum atomic E-state index is 6.34. The number of halogens is 1. The number of aliphatic imine (C=N–C) groups is 1. The van der Waals surface area contributed by atoms with E-state index in [-0.39, 0.29) is 0 Å². The average Bonchev–Trinajstić information content (AvgIpc) is 3.25. The summed E-state index contributed by atoms with van der Waals surface area (Å²) >= 11 is 6.34. The van der Waals surface area contributed by atoms with Crippen LogP contribution in [0.25, 0.3) is 17.2 Å². The highest BCUT2D eigenvalue weighted by Crippen LogP contribution is 2.31. The number of nitrogens with zero attached hydrogens (tertiary/aromatic N) is 5. The third kappa shape index (κ3) is 2.57. The van der Waals surface area contributed by atoms with E-state index in [0.717, 1.165) is 39.7 Å². The number of hydrogen-bond acceptors (Lipinski definition) is 4. The minimum Gasteiger partial charge on any atom is -0.348 e. The largest absolute Gasteiger partial charge is 0.348 e. The van der Waals surface area contributed by atoms with Gasteiger partial charge in [0.1, 0.15) is 12.2 Å². The molecule has 2 aromatic heterocycles. The summed E-state index contributed by atoms with van der Waals surface area (Å²) in [7, 11) is 0.